The van der Waals surface area contributed by atoms with Crippen molar-refractivity contribution in [1.82, 2.24) is 24.6 Å². The third kappa shape index (κ3) is 6.24. The fourth-order valence-corrected chi connectivity index (χ4v) is 5.04. The van der Waals surface area contributed by atoms with Crippen LogP contribution in [0.1, 0.15) is 43.1 Å². The van der Waals surface area contributed by atoms with Gasteiger partial charge in [-0.15, -0.1) is 10.2 Å². The van der Waals surface area contributed by atoms with Gasteiger partial charge in [0.25, 0.3) is 0 Å². The highest BCUT2D eigenvalue weighted by Gasteiger charge is 2.21. The summed E-state index contributed by atoms with van der Waals surface area (Å²) in [5.74, 6) is 1.41. The summed E-state index contributed by atoms with van der Waals surface area (Å²) >= 11 is 1.48. The number of aromatic nitrogens is 3. The minimum atomic E-state index is 0.131. The van der Waals surface area contributed by atoms with Gasteiger partial charge in [0, 0.05) is 18.8 Å². The molecule has 0 bridgehead atoms. The second kappa shape index (κ2) is 11.5. The molecule has 1 amide bonds. The number of carbonyl (C=O) groups excluding carboxylic acids is 1. The topological polar surface area (TPSA) is 54.3 Å². The van der Waals surface area contributed by atoms with Crippen molar-refractivity contribution in [2.45, 2.75) is 51.4 Å². The van der Waals surface area contributed by atoms with E-state index in [1.54, 1.807) is 0 Å². The number of para-hydroxylation sites is 1. The van der Waals surface area contributed by atoms with Crippen molar-refractivity contribution >= 4 is 17.7 Å². The number of carbonyl (C=O) groups is 1. The Morgan fingerprint density at radius 1 is 1.03 bits per heavy atom. The van der Waals surface area contributed by atoms with E-state index in [0.717, 1.165) is 54.8 Å². The predicted molar refractivity (Wildman–Crippen MR) is 133 cm³/mol. The quantitative estimate of drug-likeness (QED) is 0.408. The van der Waals surface area contributed by atoms with Crippen LogP contribution in [0.3, 0.4) is 0 Å². The lowest BCUT2D eigenvalue weighted by Crippen LogP contribution is -2.32. The Morgan fingerprint density at radius 2 is 1.76 bits per heavy atom. The van der Waals surface area contributed by atoms with Crippen LogP contribution in [0.2, 0.25) is 0 Å². The second-order valence-corrected chi connectivity index (χ2v) is 9.59. The van der Waals surface area contributed by atoms with Crippen molar-refractivity contribution in [3.63, 3.8) is 0 Å². The Kier molecular flexibility index (Phi) is 8.18. The van der Waals surface area contributed by atoms with E-state index in [1.807, 2.05) is 23.1 Å². The van der Waals surface area contributed by atoms with Crippen LogP contribution in [-0.4, -0.2) is 55.9 Å². The van der Waals surface area contributed by atoms with Gasteiger partial charge in [-0.1, -0.05) is 66.7 Å². The van der Waals surface area contributed by atoms with Crippen molar-refractivity contribution in [2.24, 2.45) is 0 Å². The fraction of sp³-hybridized carbons (Fsp3) is 0.423. The number of benzene rings is 2. The van der Waals surface area contributed by atoms with E-state index in [1.165, 1.54) is 30.2 Å². The number of amides is 1. The van der Waals surface area contributed by atoms with E-state index in [0.29, 0.717) is 12.3 Å². The Labute approximate surface area is 201 Å². The van der Waals surface area contributed by atoms with Crippen LogP contribution in [0, 0.1) is 6.92 Å². The van der Waals surface area contributed by atoms with Crippen LogP contribution >= 0.6 is 11.8 Å². The maximum atomic E-state index is 13.2. The largest absolute Gasteiger partial charge is 0.338 e. The molecule has 1 saturated heterocycles. The molecule has 6 nitrogen and oxygen atoms in total. The summed E-state index contributed by atoms with van der Waals surface area (Å²) in [6, 6.07) is 18.6. The normalized spacial score (nSPS) is 14.0. The van der Waals surface area contributed by atoms with Crippen LogP contribution in [-0.2, 0) is 17.9 Å². The lowest BCUT2D eigenvalue weighted by atomic mass is 10.1. The minimum Gasteiger partial charge on any atom is -0.338 e. The number of rotatable bonds is 10. The molecule has 1 aliphatic rings. The Hall–Kier alpha value is -2.64. The van der Waals surface area contributed by atoms with Crippen molar-refractivity contribution in [1.29, 1.82) is 0 Å². The molecule has 0 unspecified atom stereocenters. The van der Waals surface area contributed by atoms with E-state index >= 15 is 0 Å². The monoisotopic (exact) mass is 463 g/mol. The molecule has 174 valence electrons. The number of likely N-dealkylation sites (tertiary alicyclic amines) is 1. The van der Waals surface area contributed by atoms with Crippen molar-refractivity contribution < 1.29 is 4.79 Å². The minimum absolute atomic E-state index is 0.131. The fourth-order valence-electron chi connectivity index (χ4n) is 4.17. The third-order valence-electron chi connectivity index (χ3n) is 5.94. The summed E-state index contributed by atoms with van der Waals surface area (Å²) < 4.78 is 2.11. The van der Waals surface area contributed by atoms with E-state index in [9.17, 15) is 4.79 Å². The molecule has 1 aliphatic heterocycles. The maximum Gasteiger partial charge on any atom is 0.233 e. The molecule has 0 spiro atoms. The molecule has 1 fully saturated rings. The molecular weight excluding hydrogens is 430 g/mol. The number of thioether (sulfide) groups is 1. The lowest BCUT2D eigenvalue weighted by Gasteiger charge is -2.22. The van der Waals surface area contributed by atoms with Gasteiger partial charge in [-0.3, -0.25) is 14.3 Å². The second-order valence-electron chi connectivity index (χ2n) is 8.64. The van der Waals surface area contributed by atoms with E-state index < -0.39 is 0 Å². The Balaban J connectivity index is 1.48. The summed E-state index contributed by atoms with van der Waals surface area (Å²) in [6.07, 6.45) is 3.41. The summed E-state index contributed by atoms with van der Waals surface area (Å²) in [5, 5.41) is 9.77. The van der Waals surface area contributed by atoms with Gasteiger partial charge in [0.15, 0.2) is 11.0 Å². The molecule has 0 aliphatic carbocycles. The first-order chi connectivity index (χ1) is 16.1. The summed E-state index contributed by atoms with van der Waals surface area (Å²) in [6.45, 7) is 8.57. The van der Waals surface area contributed by atoms with E-state index in [2.05, 4.69) is 69.9 Å². The molecule has 2 heterocycles. The zero-order valence-corrected chi connectivity index (χ0v) is 20.4. The third-order valence-corrected chi connectivity index (χ3v) is 6.86. The highest BCUT2D eigenvalue weighted by atomic mass is 32.2. The lowest BCUT2D eigenvalue weighted by molar-refractivity contribution is -0.129. The van der Waals surface area contributed by atoms with Crippen molar-refractivity contribution in [2.75, 3.05) is 25.4 Å². The highest BCUT2D eigenvalue weighted by molar-refractivity contribution is 7.99. The van der Waals surface area contributed by atoms with Crippen LogP contribution in [0.25, 0.3) is 5.69 Å². The number of nitrogens with zero attached hydrogens (tertiary/aromatic N) is 5. The van der Waals surface area contributed by atoms with Gasteiger partial charge in [0.05, 0.1) is 12.3 Å². The molecule has 4 rings (SSSR count). The average Bonchev–Trinajstić information content (AvgIpc) is 3.49. The molecule has 7 heteroatoms. The first-order valence-electron chi connectivity index (χ1n) is 11.8. The first-order valence-corrected chi connectivity index (χ1v) is 12.8. The summed E-state index contributed by atoms with van der Waals surface area (Å²) in [5.41, 5.74) is 3.43. The predicted octanol–water partition coefficient (Wildman–Crippen LogP) is 4.70. The number of hydrogen-bond acceptors (Lipinski definition) is 5. The zero-order chi connectivity index (χ0) is 23.0. The Bertz CT molecular complexity index is 1030. The van der Waals surface area contributed by atoms with Gasteiger partial charge in [-0.05, 0) is 57.0 Å². The van der Waals surface area contributed by atoms with Gasteiger partial charge in [-0.25, -0.2) is 0 Å². The van der Waals surface area contributed by atoms with Crippen molar-refractivity contribution in [3.8, 4) is 5.69 Å². The van der Waals surface area contributed by atoms with Crippen LogP contribution in [0.15, 0.2) is 59.8 Å². The SMILES string of the molecule is CCCN(Cc1ccc(C)cc1)C(=O)CSc1nnc(CN2CCCC2)n1-c1ccccc1. The van der Waals surface area contributed by atoms with Crippen molar-refractivity contribution in [3.05, 3.63) is 71.5 Å². The molecule has 2 aromatic carbocycles. The van der Waals surface area contributed by atoms with Crippen LogP contribution in [0.4, 0.5) is 0 Å². The van der Waals surface area contributed by atoms with Gasteiger partial charge in [0.1, 0.15) is 0 Å². The van der Waals surface area contributed by atoms with Gasteiger partial charge >= 0.3 is 0 Å². The molecular formula is C26H33N5OS. The molecule has 3 aromatic rings. The molecule has 0 saturated carbocycles. The van der Waals surface area contributed by atoms with Gasteiger partial charge < -0.3 is 4.90 Å². The standard InChI is InChI=1S/C26H33N5OS/c1-3-15-30(18-22-13-11-21(2)12-14-22)25(32)20-33-26-28-27-24(19-29-16-7-8-17-29)31(26)23-9-5-4-6-10-23/h4-6,9-14H,3,7-8,15-20H2,1-2H3. The number of aryl methyl sites for hydroxylation is 1. The summed E-state index contributed by atoms with van der Waals surface area (Å²) in [4.78, 5) is 17.5. The molecule has 0 N–H and O–H groups in total. The summed E-state index contributed by atoms with van der Waals surface area (Å²) in [7, 11) is 0. The van der Waals surface area contributed by atoms with Crippen LogP contribution in [0.5, 0.6) is 0 Å². The zero-order valence-electron chi connectivity index (χ0n) is 19.6. The molecule has 0 atom stereocenters. The van der Waals surface area contributed by atoms with E-state index in [-0.39, 0.29) is 5.91 Å². The smallest absolute Gasteiger partial charge is 0.233 e. The molecule has 0 radical (unpaired) electrons. The average molecular weight is 464 g/mol. The highest BCUT2D eigenvalue weighted by Crippen LogP contribution is 2.24. The van der Waals surface area contributed by atoms with E-state index in [4.69, 9.17) is 0 Å². The molecule has 1 aromatic heterocycles. The Morgan fingerprint density at radius 3 is 2.45 bits per heavy atom. The maximum absolute atomic E-state index is 13.2. The number of hydrogen-bond donors (Lipinski definition) is 0. The first kappa shape index (κ1) is 23.5. The molecule has 33 heavy (non-hydrogen) atoms. The van der Waals surface area contributed by atoms with Gasteiger partial charge in [-0.2, -0.15) is 0 Å². The van der Waals surface area contributed by atoms with Gasteiger partial charge in [0.2, 0.25) is 5.91 Å². The van der Waals surface area contributed by atoms with Crippen LogP contribution < -0.4 is 0 Å².